The van der Waals surface area contributed by atoms with Crippen molar-refractivity contribution in [1.82, 2.24) is 14.5 Å². The fourth-order valence-electron chi connectivity index (χ4n) is 4.53. The Morgan fingerprint density at radius 3 is 2.56 bits per heavy atom. The zero-order valence-corrected chi connectivity index (χ0v) is 25.3. The fourth-order valence-corrected chi connectivity index (χ4v) is 6.37. The van der Waals surface area contributed by atoms with Crippen LogP contribution in [0.4, 0.5) is 5.69 Å². The third-order valence-corrected chi connectivity index (χ3v) is 8.25. The first kappa shape index (κ1) is 29.9. The predicted molar refractivity (Wildman–Crippen MR) is 162 cm³/mol. The quantitative estimate of drug-likeness (QED) is 0.115. The van der Waals surface area contributed by atoms with Gasteiger partial charge in [-0.05, 0) is 80.9 Å². The molecule has 0 bridgehead atoms. The number of rotatable bonds is 9. The second kappa shape index (κ2) is 12.7. The molecule has 43 heavy (non-hydrogen) atoms. The van der Waals surface area contributed by atoms with E-state index in [1.807, 2.05) is 19.1 Å². The van der Waals surface area contributed by atoms with Crippen molar-refractivity contribution in [1.29, 1.82) is 0 Å². The van der Waals surface area contributed by atoms with Crippen LogP contribution in [-0.2, 0) is 9.53 Å². The molecular formula is C30H27N5O6S2. The van der Waals surface area contributed by atoms with E-state index in [2.05, 4.69) is 15.0 Å². The molecule has 0 saturated carbocycles. The Kier molecular flexibility index (Phi) is 8.83. The van der Waals surface area contributed by atoms with Gasteiger partial charge in [-0.25, -0.2) is 19.8 Å². The van der Waals surface area contributed by atoms with Crippen molar-refractivity contribution in [3.05, 3.63) is 113 Å². The van der Waals surface area contributed by atoms with Crippen molar-refractivity contribution in [3.63, 3.8) is 0 Å². The predicted octanol–water partition coefficient (Wildman–Crippen LogP) is 4.43. The highest BCUT2D eigenvalue weighted by Crippen LogP contribution is 2.34. The molecule has 13 heteroatoms. The first-order chi connectivity index (χ1) is 20.7. The molecule has 0 N–H and O–H groups in total. The Balaban J connectivity index is 1.61. The molecule has 1 aliphatic rings. The number of fused-ring (bicyclic) bond motifs is 1. The number of aromatic nitrogens is 3. The van der Waals surface area contributed by atoms with Crippen molar-refractivity contribution in [2.75, 3.05) is 6.61 Å². The topological polar surface area (TPSA) is 139 Å². The molecule has 2 aromatic carbocycles. The van der Waals surface area contributed by atoms with Crippen LogP contribution in [0.25, 0.3) is 6.08 Å². The molecule has 5 rings (SSSR count). The highest BCUT2D eigenvalue weighted by molar-refractivity contribution is 7.99. The molecule has 0 amide bonds. The lowest BCUT2D eigenvalue weighted by atomic mass is 9.96. The number of thiazole rings is 1. The Bertz CT molecular complexity index is 1900. The zero-order chi connectivity index (χ0) is 30.7. The van der Waals surface area contributed by atoms with E-state index in [4.69, 9.17) is 9.47 Å². The first-order valence-electron chi connectivity index (χ1n) is 13.4. The maximum absolute atomic E-state index is 13.9. The minimum absolute atomic E-state index is 0.138. The lowest BCUT2D eigenvalue weighted by Gasteiger charge is -2.25. The molecule has 0 saturated heterocycles. The van der Waals surface area contributed by atoms with Gasteiger partial charge in [0, 0.05) is 18.5 Å². The molecule has 0 fully saturated rings. The van der Waals surface area contributed by atoms with E-state index in [9.17, 15) is 19.7 Å². The highest BCUT2D eigenvalue weighted by atomic mass is 32.2. The smallest absolute Gasteiger partial charge is 0.338 e. The molecule has 0 radical (unpaired) electrons. The number of esters is 1. The summed E-state index contributed by atoms with van der Waals surface area (Å²) in [7, 11) is 0. The zero-order valence-electron chi connectivity index (χ0n) is 23.7. The first-order valence-corrected chi connectivity index (χ1v) is 15.0. The summed E-state index contributed by atoms with van der Waals surface area (Å²) >= 11 is 2.22. The molecule has 1 aliphatic heterocycles. The van der Waals surface area contributed by atoms with Crippen LogP contribution in [0.2, 0.25) is 0 Å². The van der Waals surface area contributed by atoms with Crippen LogP contribution in [0.15, 0.2) is 92.0 Å². The van der Waals surface area contributed by atoms with Crippen LogP contribution in [0, 0.1) is 10.1 Å². The summed E-state index contributed by atoms with van der Waals surface area (Å²) in [4.78, 5) is 52.3. The van der Waals surface area contributed by atoms with E-state index < -0.39 is 16.9 Å². The van der Waals surface area contributed by atoms with E-state index in [0.29, 0.717) is 48.6 Å². The number of carbonyl (C=O) groups is 1. The molecule has 4 aromatic rings. The van der Waals surface area contributed by atoms with Crippen molar-refractivity contribution >= 4 is 40.8 Å². The third-order valence-electron chi connectivity index (χ3n) is 6.31. The van der Waals surface area contributed by atoms with E-state index in [0.717, 1.165) is 23.1 Å². The fraction of sp³-hybridized carbons (Fsp3) is 0.233. The minimum Gasteiger partial charge on any atom is -0.494 e. The van der Waals surface area contributed by atoms with Crippen LogP contribution in [0.5, 0.6) is 5.75 Å². The minimum atomic E-state index is -0.792. The molecule has 0 spiro atoms. The van der Waals surface area contributed by atoms with E-state index >= 15 is 0 Å². The monoisotopic (exact) mass is 617 g/mol. The number of ether oxygens (including phenoxy) is 2. The lowest BCUT2D eigenvalue weighted by molar-refractivity contribution is -0.387. The maximum atomic E-state index is 13.9. The summed E-state index contributed by atoms with van der Waals surface area (Å²) in [6.07, 6.45) is 4.34. The second-order valence-corrected chi connectivity index (χ2v) is 11.7. The number of carbonyl (C=O) groups excluding carboxylic acids is 1. The Morgan fingerprint density at radius 2 is 1.91 bits per heavy atom. The summed E-state index contributed by atoms with van der Waals surface area (Å²) in [6, 6.07) is 12.8. The Morgan fingerprint density at radius 1 is 1.19 bits per heavy atom. The summed E-state index contributed by atoms with van der Waals surface area (Å²) in [5.41, 5.74) is 1.32. The summed E-state index contributed by atoms with van der Waals surface area (Å²) in [6.45, 7) is 7.61. The van der Waals surface area contributed by atoms with Crippen LogP contribution >= 0.6 is 23.1 Å². The van der Waals surface area contributed by atoms with Crippen LogP contribution in [-0.4, -0.2) is 38.1 Å². The number of allylic oxidation sites excluding steroid dienone is 1. The van der Waals surface area contributed by atoms with Gasteiger partial charge in [-0.1, -0.05) is 29.5 Å². The number of nitro groups is 1. The Labute approximate surface area is 254 Å². The van der Waals surface area contributed by atoms with Gasteiger partial charge in [0.05, 0.1) is 44.4 Å². The van der Waals surface area contributed by atoms with Crippen molar-refractivity contribution < 1.29 is 19.2 Å². The second-order valence-electron chi connectivity index (χ2n) is 9.66. The third kappa shape index (κ3) is 6.42. The van der Waals surface area contributed by atoms with Gasteiger partial charge >= 0.3 is 5.97 Å². The van der Waals surface area contributed by atoms with Gasteiger partial charge in [0.2, 0.25) is 0 Å². The van der Waals surface area contributed by atoms with Gasteiger partial charge < -0.3 is 9.47 Å². The average molecular weight is 618 g/mol. The van der Waals surface area contributed by atoms with Gasteiger partial charge in [-0.3, -0.25) is 19.5 Å². The van der Waals surface area contributed by atoms with Crippen LogP contribution in [0.1, 0.15) is 44.9 Å². The average Bonchev–Trinajstić information content (AvgIpc) is 3.27. The van der Waals surface area contributed by atoms with Crippen molar-refractivity contribution in [2.45, 2.75) is 49.9 Å². The van der Waals surface area contributed by atoms with Gasteiger partial charge in [-0.2, -0.15) is 0 Å². The van der Waals surface area contributed by atoms with Crippen LogP contribution < -0.4 is 19.6 Å². The maximum Gasteiger partial charge on any atom is 0.338 e. The van der Waals surface area contributed by atoms with Crippen LogP contribution in [0.3, 0.4) is 0 Å². The summed E-state index contributed by atoms with van der Waals surface area (Å²) < 4.78 is 12.9. The van der Waals surface area contributed by atoms with Gasteiger partial charge in [0.15, 0.2) is 9.96 Å². The van der Waals surface area contributed by atoms with E-state index in [1.165, 1.54) is 10.6 Å². The molecule has 220 valence electrons. The molecule has 0 unspecified atom stereocenters. The molecule has 1 atom stereocenters. The Hall–Kier alpha value is -4.62. The van der Waals surface area contributed by atoms with Crippen molar-refractivity contribution in [2.24, 2.45) is 4.99 Å². The summed E-state index contributed by atoms with van der Waals surface area (Å²) in [5.74, 6) is 0.100. The number of hydrogen-bond donors (Lipinski definition) is 0. The molecule has 3 heterocycles. The number of benzene rings is 2. The van der Waals surface area contributed by atoms with Gasteiger partial charge in [0.25, 0.3) is 11.2 Å². The SMILES string of the molecule is CCOc1ccc([C@H]2C(C(=O)OC(C)C)=C(C)N=c3s/c(=C\c4ccc(Sc5ncccn5)c([N+](=O)[O-])c4)c(=O)n32)cc1. The lowest BCUT2D eigenvalue weighted by Crippen LogP contribution is -2.40. The normalized spacial score (nSPS) is 14.8. The van der Waals surface area contributed by atoms with E-state index in [-0.39, 0.29) is 22.9 Å². The molecule has 0 aliphatic carbocycles. The van der Waals surface area contributed by atoms with Gasteiger partial charge in [-0.15, -0.1) is 0 Å². The number of hydrogen-bond acceptors (Lipinski definition) is 11. The van der Waals surface area contributed by atoms with E-state index in [1.54, 1.807) is 69.6 Å². The van der Waals surface area contributed by atoms with Gasteiger partial charge in [0.1, 0.15) is 5.75 Å². The number of nitrogens with zero attached hydrogens (tertiary/aromatic N) is 5. The number of nitro benzene ring substituents is 1. The van der Waals surface area contributed by atoms with Crippen molar-refractivity contribution in [3.8, 4) is 5.75 Å². The summed E-state index contributed by atoms with van der Waals surface area (Å²) in [5, 5.41) is 12.3. The largest absolute Gasteiger partial charge is 0.494 e. The molecule has 2 aromatic heterocycles. The standard InChI is InChI=1S/C30H27N5O6S2/c1-5-40-21-10-8-20(9-11-21)26-25(28(37)41-17(2)3)18(4)33-30-34(26)27(36)24(43-30)16-19-7-12-23(22(15-19)35(38)39)42-29-31-13-6-14-32-29/h6-17,26H,5H2,1-4H3/b24-16-/t26-/m0/s1. The highest BCUT2D eigenvalue weighted by Gasteiger charge is 2.34. The molecular weight excluding hydrogens is 590 g/mol. The molecule has 11 nitrogen and oxygen atoms in total.